The summed E-state index contributed by atoms with van der Waals surface area (Å²) in [5.74, 6) is 0.276. The maximum Gasteiger partial charge on any atom is 0.311 e. The number of benzene rings is 2. The van der Waals surface area contributed by atoms with Crippen LogP contribution in [0.25, 0.3) is 0 Å². The summed E-state index contributed by atoms with van der Waals surface area (Å²) in [6.07, 6.45) is 0.181. The number of rotatable bonds is 7. The van der Waals surface area contributed by atoms with Gasteiger partial charge in [-0.2, -0.15) is 0 Å². The van der Waals surface area contributed by atoms with Gasteiger partial charge in [0.2, 0.25) is 5.91 Å². The first-order valence-electron chi connectivity index (χ1n) is 8.80. The van der Waals surface area contributed by atoms with Gasteiger partial charge in [-0.25, -0.2) is 0 Å². The summed E-state index contributed by atoms with van der Waals surface area (Å²) in [6, 6.07) is 15.1. The molecular formula is C21H23NO5. The molecule has 0 radical (unpaired) electrons. The minimum absolute atomic E-state index is 0.0280. The second-order valence-electron chi connectivity index (χ2n) is 6.42. The van der Waals surface area contributed by atoms with E-state index in [1.165, 1.54) is 0 Å². The zero-order chi connectivity index (χ0) is 19.2. The van der Waals surface area contributed by atoms with Crippen LogP contribution < -0.4 is 9.47 Å². The van der Waals surface area contributed by atoms with Gasteiger partial charge in [-0.05, 0) is 11.6 Å². The van der Waals surface area contributed by atoms with E-state index in [2.05, 4.69) is 0 Å². The fraction of sp³-hybridized carbons (Fsp3) is 0.333. The Morgan fingerprint density at radius 1 is 1.07 bits per heavy atom. The van der Waals surface area contributed by atoms with E-state index < -0.39 is 5.92 Å². The van der Waals surface area contributed by atoms with E-state index in [0.29, 0.717) is 24.6 Å². The van der Waals surface area contributed by atoms with Crippen LogP contribution in [-0.4, -0.2) is 37.5 Å². The number of carbonyl (C=O) groups is 2. The molecule has 2 aromatic rings. The summed E-state index contributed by atoms with van der Waals surface area (Å²) in [6.45, 7) is 0.956. The molecule has 1 unspecified atom stereocenters. The Hall–Kier alpha value is -3.02. The van der Waals surface area contributed by atoms with E-state index in [0.717, 1.165) is 11.1 Å². The first-order chi connectivity index (χ1) is 13.1. The lowest BCUT2D eigenvalue weighted by Crippen LogP contribution is -2.26. The number of nitrogens with zero attached hydrogens (tertiary/aromatic N) is 1. The van der Waals surface area contributed by atoms with Crippen molar-refractivity contribution < 1.29 is 23.8 Å². The molecule has 1 atom stereocenters. The molecule has 3 rings (SSSR count). The quantitative estimate of drug-likeness (QED) is 0.702. The van der Waals surface area contributed by atoms with E-state index in [-0.39, 0.29) is 24.9 Å². The standard InChI is InChI=1S/C21H23NO5/c1-25-18-10-6-9-16(20(18)26-2)14-27-21(24)17-11-19(23)22(13-17)12-15-7-4-3-5-8-15/h3-10,17H,11-14H2,1-2H3. The van der Waals surface area contributed by atoms with Gasteiger partial charge in [0.05, 0.1) is 20.1 Å². The molecule has 2 aromatic carbocycles. The number of methoxy groups -OCH3 is 2. The van der Waals surface area contributed by atoms with Gasteiger partial charge < -0.3 is 19.1 Å². The summed E-state index contributed by atoms with van der Waals surface area (Å²) < 4.78 is 16.0. The molecule has 0 saturated carbocycles. The molecule has 0 spiro atoms. The zero-order valence-corrected chi connectivity index (χ0v) is 15.5. The van der Waals surface area contributed by atoms with Crippen LogP contribution in [0.2, 0.25) is 0 Å². The highest BCUT2D eigenvalue weighted by Crippen LogP contribution is 2.31. The molecule has 1 aliphatic rings. The van der Waals surface area contributed by atoms with Gasteiger partial charge in [0.1, 0.15) is 6.61 Å². The van der Waals surface area contributed by atoms with Crippen molar-refractivity contribution >= 4 is 11.9 Å². The number of carbonyl (C=O) groups excluding carboxylic acids is 2. The molecule has 0 bridgehead atoms. The number of likely N-dealkylation sites (tertiary alicyclic amines) is 1. The van der Waals surface area contributed by atoms with E-state index >= 15 is 0 Å². The van der Waals surface area contributed by atoms with Gasteiger partial charge in [0.25, 0.3) is 0 Å². The fourth-order valence-electron chi connectivity index (χ4n) is 3.22. The van der Waals surface area contributed by atoms with Gasteiger partial charge >= 0.3 is 5.97 Å². The van der Waals surface area contributed by atoms with Crippen molar-refractivity contribution in [1.82, 2.24) is 4.90 Å². The minimum atomic E-state index is -0.446. The minimum Gasteiger partial charge on any atom is -0.493 e. The third-order valence-corrected chi connectivity index (χ3v) is 4.62. The van der Waals surface area contributed by atoms with Crippen LogP contribution in [-0.2, 0) is 27.5 Å². The zero-order valence-electron chi connectivity index (χ0n) is 15.5. The molecule has 0 aliphatic carbocycles. The van der Waals surface area contributed by atoms with Crippen LogP contribution in [0.5, 0.6) is 11.5 Å². The van der Waals surface area contributed by atoms with E-state index in [1.807, 2.05) is 42.5 Å². The molecule has 1 saturated heterocycles. The van der Waals surface area contributed by atoms with Crippen LogP contribution in [0.3, 0.4) is 0 Å². The van der Waals surface area contributed by atoms with Crippen molar-refractivity contribution in [3.63, 3.8) is 0 Å². The predicted molar refractivity (Wildman–Crippen MR) is 99.3 cm³/mol. The summed E-state index contributed by atoms with van der Waals surface area (Å²) >= 11 is 0. The first kappa shape index (κ1) is 18.8. The predicted octanol–water partition coefficient (Wildman–Crippen LogP) is 2.80. The number of hydrogen-bond acceptors (Lipinski definition) is 5. The van der Waals surface area contributed by atoms with Crippen molar-refractivity contribution in [3.05, 3.63) is 59.7 Å². The molecule has 142 valence electrons. The first-order valence-corrected chi connectivity index (χ1v) is 8.80. The molecule has 27 heavy (non-hydrogen) atoms. The van der Waals surface area contributed by atoms with Crippen LogP contribution in [0, 0.1) is 5.92 Å². The lowest BCUT2D eigenvalue weighted by molar-refractivity contribution is -0.149. The van der Waals surface area contributed by atoms with Crippen LogP contribution in [0.1, 0.15) is 17.5 Å². The second kappa shape index (κ2) is 8.58. The summed E-state index contributed by atoms with van der Waals surface area (Å²) in [5.41, 5.74) is 1.76. The number of amides is 1. The largest absolute Gasteiger partial charge is 0.493 e. The fourth-order valence-corrected chi connectivity index (χ4v) is 3.22. The third kappa shape index (κ3) is 4.39. The maximum atomic E-state index is 12.4. The summed E-state index contributed by atoms with van der Waals surface area (Å²) in [5, 5.41) is 0. The van der Waals surface area contributed by atoms with Crippen molar-refractivity contribution in [2.75, 3.05) is 20.8 Å². The molecule has 1 heterocycles. The number of esters is 1. The van der Waals surface area contributed by atoms with Gasteiger partial charge in [-0.1, -0.05) is 42.5 Å². The Labute approximate surface area is 158 Å². The van der Waals surface area contributed by atoms with Crippen LogP contribution in [0.4, 0.5) is 0 Å². The summed E-state index contributed by atoms with van der Waals surface area (Å²) in [4.78, 5) is 26.4. The molecule has 0 N–H and O–H groups in total. The molecule has 1 aliphatic heterocycles. The Morgan fingerprint density at radius 3 is 2.56 bits per heavy atom. The molecular weight excluding hydrogens is 346 g/mol. The van der Waals surface area contributed by atoms with Gasteiger partial charge in [-0.3, -0.25) is 9.59 Å². The smallest absolute Gasteiger partial charge is 0.311 e. The van der Waals surface area contributed by atoms with E-state index in [1.54, 1.807) is 25.2 Å². The van der Waals surface area contributed by atoms with Gasteiger partial charge in [0.15, 0.2) is 11.5 Å². The average Bonchev–Trinajstić information content (AvgIpc) is 3.06. The third-order valence-electron chi connectivity index (χ3n) is 4.62. The van der Waals surface area contributed by atoms with E-state index in [4.69, 9.17) is 14.2 Å². The summed E-state index contributed by atoms with van der Waals surface area (Å²) in [7, 11) is 3.10. The second-order valence-corrected chi connectivity index (χ2v) is 6.42. The SMILES string of the molecule is COc1cccc(COC(=O)C2CC(=O)N(Cc3ccccc3)C2)c1OC. The van der Waals surface area contributed by atoms with Crippen molar-refractivity contribution in [2.24, 2.45) is 5.92 Å². The van der Waals surface area contributed by atoms with Crippen molar-refractivity contribution in [3.8, 4) is 11.5 Å². The Balaban J connectivity index is 1.58. The highest BCUT2D eigenvalue weighted by Gasteiger charge is 2.35. The van der Waals surface area contributed by atoms with Gasteiger partial charge in [0, 0.05) is 25.1 Å². The number of hydrogen-bond donors (Lipinski definition) is 0. The lowest BCUT2D eigenvalue weighted by atomic mass is 10.1. The lowest BCUT2D eigenvalue weighted by Gasteiger charge is -2.17. The maximum absolute atomic E-state index is 12.4. The molecule has 6 nitrogen and oxygen atoms in total. The average molecular weight is 369 g/mol. The topological polar surface area (TPSA) is 65.1 Å². The van der Waals surface area contributed by atoms with Gasteiger partial charge in [-0.15, -0.1) is 0 Å². The number of ether oxygens (including phenoxy) is 3. The van der Waals surface area contributed by atoms with E-state index in [9.17, 15) is 9.59 Å². The molecule has 1 fully saturated rings. The molecule has 1 amide bonds. The highest BCUT2D eigenvalue weighted by atomic mass is 16.5. The van der Waals surface area contributed by atoms with Crippen LogP contribution >= 0.6 is 0 Å². The molecule has 0 aromatic heterocycles. The molecule has 6 heteroatoms. The highest BCUT2D eigenvalue weighted by molar-refractivity contribution is 5.86. The van der Waals surface area contributed by atoms with Crippen molar-refractivity contribution in [2.45, 2.75) is 19.6 Å². The number of para-hydroxylation sites is 1. The Morgan fingerprint density at radius 2 is 1.85 bits per heavy atom. The Bertz CT molecular complexity index is 805. The van der Waals surface area contributed by atoms with Crippen LogP contribution in [0.15, 0.2) is 48.5 Å². The van der Waals surface area contributed by atoms with Crippen molar-refractivity contribution in [1.29, 1.82) is 0 Å². The monoisotopic (exact) mass is 369 g/mol. The normalized spacial score (nSPS) is 16.3. The Kier molecular flexibility index (Phi) is 5.96.